The highest BCUT2D eigenvalue weighted by atomic mass is 35.6. The standard InChI is InChI=1S/C9H14Cl3NO/c1-4-7(5-6(2)3)14-8(13)9(10,11)12/h4,6-7,13H,1,5H2,2-3H3/t7-/m1/s1. The van der Waals surface area contributed by atoms with Gasteiger partial charge < -0.3 is 4.74 Å². The normalized spacial score (nSPS) is 13.9. The maximum Gasteiger partial charge on any atom is 0.265 e. The lowest BCUT2D eigenvalue weighted by Crippen LogP contribution is -2.26. The molecular weight excluding hydrogens is 244 g/mol. The van der Waals surface area contributed by atoms with Crippen molar-refractivity contribution in [3.8, 4) is 0 Å². The van der Waals surface area contributed by atoms with Gasteiger partial charge in [-0.3, -0.25) is 5.41 Å². The van der Waals surface area contributed by atoms with Crippen LogP contribution in [0.2, 0.25) is 0 Å². The highest BCUT2D eigenvalue weighted by Crippen LogP contribution is 2.28. The molecule has 0 aromatic carbocycles. The van der Waals surface area contributed by atoms with Gasteiger partial charge in [0.25, 0.3) is 3.79 Å². The van der Waals surface area contributed by atoms with Gasteiger partial charge in [0, 0.05) is 0 Å². The molecule has 1 atom stereocenters. The minimum atomic E-state index is -1.79. The predicted molar refractivity (Wildman–Crippen MR) is 62.5 cm³/mol. The molecule has 0 rings (SSSR count). The van der Waals surface area contributed by atoms with Crippen molar-refractivity contribution in [3.05, 3.63) is 12.7 Å². The van der Waals surface area contributed by atoms with Crippen molar-refractivity contribution in [3.63, 3.8) is 0 Å². The Balaban J connectivity index is 4.19. The van der Waals surface area contributed by atoms with E-state index < -0.39 is 3.79 Å². The Hall–Kier alpha value is 0.0800. The Morgan fingerprint density at radius 1 is 1.50 bits per heavy atom. The van der Waals surface area contributed by atoms with Gasteiger partial charge in [-0.1, -0.05) is 61.3 Å². The van der Waals surface area contributed by atoms with Gasteiger partial charge in [0.05, 0.1) is 0 Å². The zero-order chi connectivity index (χ0) is 11.4. The fourth-order valence-corrected chi connectivity index (χ4v) is 1.01. The summed E-state index contributed by atoms with van der Waals surface area (Å²) in [6.45, 7) is 7.68. The van der Waals surface area contributed by atoms with Crippen molar-refractivity contribution in [1.29, 1.82) is 5.41 Å². The first-order chi connectivity index (χ1) is 6.27. The summed E-state index contributed by atoms with van der Waals surface area (Å²) in [5.41, 5.74) is 0. The molecule has 0 unspecified atom stereocenters. The van der Waals surface area contributed by atoms with E-state index in [4.69, 9.17) is 44.9 Å². The van der Waals surface area contributed by atoms with Crippen molar-refractivity contribution < 1.29 is 4.74 Å². The number of alkyl halides is 3. The molecule has 0 saturated heterocycles. The van der Waals surface area contributed by atoms with E-state index in [1.807, 2.05) is 13.8 Å². The molecule has 1 N–H and O–H groups in total. The Kier molecular flexibility index (Phi) is 5.87. The molecule has 0 radical (unpaired) electrons. The predicted octanol–water partition coefficient (Wildman–Crippen LogP) is 3.95. The van der Waals surface area contributed by atoms with Crippen LogP contribution in [0.25, 0.3) is 0 Å². The van der Waals surface area contributed by atoms with E-state index in [1.54, 1.807) is 6.08 Å². The van der Waals surface area contributed by atoms with E-state index >= 15 is 0 Å². The largest absolute Gasteiger partial charge is 0.471 e. The SMILES string of the molecule is C=C[C@H](CC(C)C)OC(=N)C(Cl)(Cl)Cl. The highest BCUT2D eigenvalue weighted by Gasteiger charge is 2.30. The summed E-state index contributed by atoms with van der Waals surface area (Å²) in [5, 5.41) is 7.35. The zero-order valence-electron chi connectivity index (χ0n) is 8.19. The van der Waals surface area contributed by atoms with Crippen LogP contribution < -0.4 is 0 Å². The number of hydrogen-bond acceptors (Lipinski definition) is 2. The number of rotatable bonds is 4. The summed E-state index contributed by atoms with van der Waals surface area (Å²) in [6, 6.07) is 0. The number of hydrogen-bond donors (Lipinski definition) is 1. The second-order valence-electron chi connectivity index (χ2n) is 3.35. The van der Waals surface area contributed by atoms with Crippen LogP contribution in [0.1, 0.15) is 20.3 Å². The summed E-state index contributed by atoms with van der Waals surface area (Å²) in [6.07, 6.45) is 2.07. The minimum Gasteiger partial charge on any atom is -0.471 e. The molecule has 2 nitrogen and oxygen atoms in total. The Morgan fingerprint density at radius 3 is 2.29 bits per heavy atom. The van der Waals surface area contributed by atoms with Crippen molar-refractivity contribution in [2.75, 3.05) is 0 Å². The molecule has 0 aromatic rings. The van der Waals surface area contributed by atoms with Crippen molar-refractivity contribution in [2.45, 2.75) is 30.2 Å². The minimum absolute atomic E-state index is 0.280. The lowest BCUT2D eigenvalue weighted by Gasteiger charge is -2.20. The van der Waals surface area contributed by atoms with Gasteiger partial charge in [0.2, 0.25) is 5.90 Å². The van der Waals surface area contributed by atoms with Crippen LogP contribution in [0, 0.1) is 11.3 Å². The smallest absolute Gasteiger partial charge is 0.265 e. The van der Waals surface area contributed by atoms with Gasteiger partial charge in [-0.05, 0) is 12.3 Å². The maximum atomic E-state index is 7.35. The van der Waals surface area contributed by atoms with E-state index in [0.717, 1.165) is 6.42 Å². The lowest BCUT2D eigenvalue weighted by atomic mass is 10.1. The zero-order valence-corrected chi connectivity index (χ0v) is 10.5. The second kappa shape index (κ2) is 5.84. The summed E-state index contributed by atoms with van der Waals surface area (Å²) >= 11 is 16.4. The summed E-state index contributed by atoms with van der Waals surface area (Å²) in [4.78, 5) is 0. The lowest BCUT2D eigenvalue weighted by molar-refractivity contribution is 0.201. The van der Waals surface area contributed by atoms with Gasteiger partial charge in [0.1, 0.15) is 6.10 Å². The Morgan fingerprint density at radius 2 is 2.00 bits per heavy atom. The monoisotopic (exact) mass is 257 g/mol. The first-order valence-electron chi connectivity index (χ1n) is 4.22. The third-order valence-corrected chi connectivity index (χ3v) is 2.01. The molecule has 0 amide bonds. The van der Waals surface area contributed by atoms with Gasteiger partial charge in [-0.2, -0.15) is 0 Å². The molecule has 0 saturated carbocycles. The quantitative estimate of drug-likeness (QED) is 0.352. The molecule has 0 bridgehead atoms. The third kappa shape index (κ3) is 5.74. The molecule has 0 aromatic heterocycles. The average molecular weight is 259 g/mol. The van der Waals surface area contributed by atoms with E-state index in [2.05, 4.69) is 6.58 Å². The summed E-state index contributed by atoms with van der Waals surface area (Å²) in [7, 11) is 0. The van der Waals surface area contributed by atoms with Gasteiger partial charge in [0.15, 0.2) is 0 Å². The van der Waals surface area contributed by atoms with Crippen LogP contribution in [0.4, 0.5) is 0 Å². The number of halogens is 3. The average Bonchev–Trinajstić information content (AvgIpc) is 2.00. The Bertz CT molecular complexity index is 211. The molecular formula is C9H14Cl3NO. The van der Waals surface area contributed by atoms with Crippen LogP contribution >= 0.6 is 34.8 Å². The fourth-order valence-electron chi connectivity index (χ4n) is 0.875. The van der Waals surface area contributed by atoms with Crippen LogP contribution in [-0.2, 0) is 4.74 Å². The van der Waals surface area contributed by atoms with Crippen molar-refractivity contribution in [1.82, 2.24) is 0 Å². The molecule has 0 spiro atoms. The van der Waals surface area contributed by atoms with E-state index in [-0.39, 0.29) is 12.0 Å². The molecule has 0 aliphatic rings. The molecule has 0 aliphatic heterocycles. The maximum absolute atomic E-state index is 7.35. The van der Waals surface area contributed by atoms with Gasteiger partial charge in [-0.15, -0.1) is 0 Å². The van der Waals surface area contributed by atoms with E-state index in [0.29, 0.717) is 5.92 Å². The molecule has 14 heavy (non-hydrogen) atoms. The summed E-state index contributed by atoms with van der Waals surface area (Å²) in [5.74, 6) is 0.0641. The van der Waals surface area contributed by atoms with Crippen molar-refractivity contribution >= 4 is 40.7 Å². The first-order valence-corrected chi connectivity index (χ1v) is 5.35. The van der Waals surface area contributed by atoms with E-state index in [1.165, 1.54) is 0 Å². The van der Waals surface area contributed by atoms with Crippen LogP contribution in [0.5, 0.6) is 0 Å². The number of nitrogens with one attached hydrogen (secondary N) is 1. The molecule has 0 heterocycles. The Labute approximate surface area is 99.7 Å². The topological polar surface area (TPSA) is 33.1 Å². The summed E-state index contributed by atoms with van der Waals surface area (Å²) < 4.78 is 3.35. The van der Waals surface area contributed by atoms with Crippen LogP contribution in [0.15, 0.2) is 12.7 Å². The van der Waals surface area contributed by atoms with E-state index in [9.17, 15) is 0 Å². The van der Waals surface area contributed by atoms with Gasteiger partial charge >= 0.3 is 0 Å². The second-order valence-corrected chi connectivity index (χ2v) is 5.63. The first kappa shape index (κ1) is 14.1. The third-order valence-electron chi connectivity index (χ3n) is 1.49. The van der Waals surface area contributed by atoms with Crippen LogP contribution in [0.3, 0.4) is 0 Å². The molecule has 5 heteroatoms. The number of ether oxygens (including phenoxy) is 1. The molecule has 0 fully saturated rings. The fraction of sp³-hybridized carbons (Fsp3) is 0.667. The van der Waals surface area contributed by atoms with Crippen LogP contribution in [-0.4, -0.2) is 15.8 Å². The molecule has 0 aliphatic carbocycles. The van der Waals surface area contributed by atoms with Gasteiger partial charge in [-0.25, -0.2) is 0 Å². The highest BCUT2D eigenvalue weighted by molar-refractivity contribution is 6.76. The van der Waals surface area contributed by atoms with Crippen molar-refractivity contribution in [2.24, 2.45) is 5.92 Å². The molecule has 82 valence electrons.